The third-order valence-electron chi connectivity index (χ3n) is 11.2. The quantitative estimate of drug-likeness (QED) is 0.113. The lowest BCUT2D eigenvalue weighted by Gasteiger charge is -2.31. The molecule has 7 atom stereocenters. The van der Waals surface area contributed by atoms with Crippen LogP contribution < -0.4 is 16.4 Å². The number of aliphatic imine (C=N–C) groups is 1. The number of carbonyl (C=O) groups excluding carboxylic acids is 5. The maximum atomic E-state index is 14.3. The molecule has 0 spiro atoms. The molecule has 1 saturated heterocycles. The van der Waals surface area contributed by atoms with Crippen LogP contribution in [0.25, 0.3) is 0 Å². The van der Waals surface area contributed by atoms with E-state index in [-0.39, 0.29) is 73.7 Å². The summed E-state index contributed by atoms with van der Waals surface area (Å²) in [6.07, 6.45) is 6.14. The largest absolute Gasteiger partial charge is 0.508 e. The van der Waals surface area contributed by atoms with Crippen molar-refractivity contribution >= 4 is 41.5 Å². The number of carbonyl (C=O) groups is 6. The van der Waals surface area contributed by atoms with Crippen LogP contribution in [0.3, 0.4) is 0 Å². The number of allylic oxidation sites excluding steroid dienone is 1. The average Bonchev–Trinajstić information content (AvgIpc) is 3.90. The predicted molar refractivity (Wildman–Crippen MR) is 217 cm³/mol. The lowest BCUT2D eigenvalue weighted by Crippen LogP contribution is -2.56. The predicted octanol–water partition coefficient (Wildman–Crippen LogP) is 4.54. The van der Waals surface area contributed by atoms with Crippen molar-refractivity contribution < 1.29 is 39.0 Å². The molecule has 2 aromatic carbocycles. The van der Waals surface area contributed by atoms with Gasteiger partial charge in [-0.05, 0) is 60.3 Å². The molecule has 0 saturated carbocycles. The van der Waals surface area contributed by atoms with Crippen molar-refractivity contribution in [2.24, 2.45) is 34.4 Å². The summed E-state index contributed by atoms with van der Waals surface area (Å²) in [5.74, 6) is -4.44. The normalized spacial score (nSPS) is 18.2. The molecule has 3 amide bonds. The summed E-state index contributed by atoms with van der Waals surface area (Å²) in [5.41, 5.74) is 8.38. The van der Waals surface area contributed by atoms with Gasteiger partial charge in [-0.1, -0.05) is 82.7 Å². The van der Waals surface area contributed by atoms with Gasteiger partial charge >= 0.3 is 5.97 Å². The lowest BCUT2D eigenvalue weighted by atomic mass is 9.82. The molecule has 13 nitrogen and oxygen atoms in total. The summed E-state index contributed by atoms with van der Waals surface area (Å²) < 4.78 is 0. The van der Waals surface area contributed by atoms with E-state index in [1.807, 2.05) is 39.8 Å². The second kappa shape index (κ2) is 21.4. The fraction of sp³-hybridized carbons (Fsp3) is 0.523. The average molecular weight is 786 g/mol. The van der Waals surface area contributed by atoms with E-state index in [9.17, 15) is 39.0 Å². The first-order valence-corrected chi connectivity index (χ1v) is 20.1. The summed E-state index contributed by atoms with van der Waals surface area (Å²) in [6, 6.07) is 11.7. The number of nitrogens with zero attached hydrogens (tertiary/aromatic N) is 2. The molecule has 0 bridgehead atoms. The van der Waals surface area contributed by atoms with Crippen molar-refractivity contribution in [1.29, 1.82) is 0 Å². The molecule has 0 radical (unpaired) electrons. The Morgan fingerprint density at radius 3 is 2.18 bits per heavy atom. The number of ketones is 2. The zero-order valence-electron chi connectivity index (χ0n) is 33.6. The molecule has 7 unspecified atom stereocenters. The molecular weight excluding hydrogens is 727 g/mol. The van der Waals surface area contributed by atoms with Gasteiger partial charge in [0, 0.05) is 62.9 Å². The van der Waals surface area contributed by atoms with Crippen LogP contribution in [0, 0.1) is 23.7 Å². The number of Topliss-reactive ketones (excluding diaryl/α,β-unsaturated/α-hetero) is 2. The SMILES string of the molecule is CCC(C)C(CC(=O)CC(CC(=O)C(N)C(C)C)Cc1ccc(O)cc1)C(=O)NC(CC1=CCC=N1)C(=O)N1CCCC1C(=O)NC(Cc1ccccc1)C(=O)O. The maximum absolute atomic E-state index is 14.3. The van der Waals surface area contributed by atoms with E-state index in [0.717, 1.165) is 11.1 Å². The number of likely N-dealkylation sites (tertiary alicyclic amines) is 1. The van der Waals surface area contributed by atoms with Crippen LogP contribution in [0.2, 0.25) is 0 Å². The number of rotatable bonds is 22. The molecule has 2 aliphatic rings. The van der Waals surface area contributed by atoms with Gasteiger partial charge in [0.15, 0.2) is 0 Å². The number of benzene rings is 2. The summed E-state index contributed by atoms with van der Waals surface area (Å²) in [6.45, 7) is 7.78. The molecule has 2 heterocycles. The Morgan fingerprint density at radius 1 is 0.877 bits per heavy atom. The van der Waals surface area contributed by atoms with E-state index in [2.05, 4.69) is 15.6 Å². The number of carboxylic acids is 1. The first-order valence-electron chi connectivity index (χ1n) is 20.1. The number of hydrogen-bond donors (Lipinski definition) is 5. The smallest absolute Gasteiger partial charge is 0.326 e. The maximum Gasteiger partial charge on any atom is 0.326 e. The number of nitrogens with one attached hydrogen (secondary N) is 2. The van der Waals surface area contributed by atoms with Crippen molar-refractivity contribution in [3.63, 3.8) is 0 Å². The van der Waals surface area contributed by atoms with E-state index in [0.29, 0.717) is 37.8 Å². The van der Waals surface area contributed by atoms with Crippen LogP contribution in [0.15, 0.2) is 71.4 Å². The molecule has 2 aliphatic heterocycles. The summed E-state index contributed by atoms with van der Waals surface area (Å²) in [7, 11) is 0. The highest BCUT2D eigenvalue weighted by Gasteiger charge is 2.40. The Hall–Kier alpha value is -5.17. The molecule has 0 aromatic heterocycles. The number of phenols is 1. The Balaban J connectivity index is 1.50. The standard InChI is InChI=1S/C44H59N5O8/c1-5-28(4)35(26-34(51)22-31(24-39(52)40(45)27(2)3)21-30-15-17-33(50)18-16-30)41(53)47-36(25-32-13-9-19-46-32)43(55)49-20-10-14-38(49)42(54)48-37(44(56)57)23-29-11-7-6-8-12-29/h6-8,11-13,15-19,27-28,31,35-38,40,50H,5,9-10,14,20-26,45H2,1-4H3,(H,47,53)(H,48,54)(H,56,57). The van der Waals surface area contributed by atoms with Gasteiger partial charge in [0.2, 0.25) is 17.7 Å². The molecule has 4 rings (SSSR count). The van der Waals surface area contributed by atoms with Crippen molar-refractivity contribution in [3.8, 4) is 5.75 Å². The zero-order valence-corrected chi connectivity index (χ0v) is 33.6. The summed E-state index contributed by atoms with van der Waals surface area (Å²) in [4.78, 5) is 87.0. The number of aliphatic carboxylic acids is 1. The Kier molecular flexibility index (Phi) is 16.7. The minimum absolute atomic E-state index is 0.0355. The van der Waals surface area contributed by atoms with Crippen LogP contribution in [0.4, 0.5) is 0 Å². The van der Waals surface area contributed by atoms with Gasteiger partial charge in [-0.2, -0.15) is 0 Å². The molecule has 308 valence electrons. The van der Waals surface area contributed by atoms with Crippen LogP contribution in [0.5, 0.6) is 5.75 Å². The summed E-state index contributed by atoms with van der Waals surface area (Å²) in [5, 5.41) is 25.3. The second-order valence-electron chi connectivity index (χ2n) is 15.9. The van der Waals surface area contributed by atoms with Gasteiger partial charge in [0.05, 0.1) is 6.04 Å². The topological polar surface area (TPSA) is 209 Å². The van der Waals surface area contributed by atoms with Gasteiger partial charge in [-0.3, -0.25) is 29.0 Å². The van der Waals surface area contributed by atoms with E-state index < -0.39 is 53.8 Å². The molecular formula is C44H59N5O8. The van der Waals surface area contributed by atoms with Gasteiger partial charge in [0.25, 0.3) is 0 Å². The Labute approximate surface area is 335 Å². The van der Waals surface area contributed by atoms with Gasteiger partial charge in [-0.15, -0.1) is 0 Å². The number of nitrogens with two attached hydrogens (primary N) is 1. The molecule has 57 heavy (non-hydrogen) atoms. The molecule has 1 fully saturated rings. The molecule has 6 N–H and O–H groups in total. The third kappa shape index (κ3) is 13.2. The van der Waals surface area contributed by atoms with Crippen molar-refractivity contribution in [2.75, 3.05) is 6.54 Å². The van der Waals surface area contributed by atoms with Gasteiger partial charge in [0.1, 0.15) is 35.4 Å². The van der Waals surface area contributed by atoms with Gasteiger partial charge in [-0.25, -0.2) is 4.79 Å². The first kappa shape index (κ1) is 44.5. The number of amides is 3. The summed E-state index contributed by atoms with van der Waals surface area (Å²) >= 11 is 0. The van der Waals surface area contributed by atoms with Gasteiger partial charge < -0.3 is 31.5 Å². The van der Waals surface area contributed by atoms with E-state index in [1.54, 1.807) is 54.7 Å². The Bertz CT molecular complexity index is 1780. The zero-order chi connectivity index (χ0) is 41.6. The number of carboxylic acid groups (broad SMARTS) is 1. The molecule has 0 aliphatic carbocycles. The van der Waals surface area contributed by atoms with Crippen LogP contribution >= 0.6 is 0 Å². The highest BCUT2D eigenvalue weighted by Crippen LogP contribution is 2.27. The Morgan fingerprint density at radius 2 is 1.56 bits per heavy atom. The number of phenolic OH excluding ortho intramolecular Hbond substituents is 1. The fourth-order valence-electron chi connectivity index (χ4n) is 7.52. The minimum Gasteiger partial charge on any atom is -0.508 e. The molecule has 13 heteroatoms. The van der Waals surface area contributed by atoms with E-state index >= 15 is 0 Å². The van der Waals surface area contributed by atoms with Crippen LogP contribution in [-0.2, 0) is 41.6 Å². The lowest BCUT2D eigenvalue weighted by molar-refractivity contribution is -0.145. The van der Waals surface area contributed by atoms with Crippen molar-refractivity contribution in [2.45, 2.75) is 116 Å². The fourth-order valence-corrected chi connectivity index (χ4v) is 7.52. The van der Waals surface area contributed by atoms with Crippen molar-refractivity contribution in [1.82, 2.24) is 15.5 Å². The third-order valence-corrected chi connectivity index (χ3v) is 11.2. The van der Waals surface area contributed by atoms with E-state index in [4.69, 9.17) is 5.73 Å². The monoisotopic (exact) mass is 785 g/mol. The number of hydrogen-bond acceptors (Lipinski definition) is 9. The highest BCUT2D eigenvalue weighted by atomic mass is 16.4. The van der Waals surface area contributed by atoms with Crippen molar-refractivity contribution in [3.05, 3.63) is 77.5 Å². The number of aromatic hydroxyl groups is 1. The second-order valence-corrected chi connectivity index (χ2v) is 15.9. The first-order chi connectivity index (χ1) is 27.2. The minimum atomic E-state index is -1.20. The van der Waals surface area contributed by atoms with Crippen LogP contribution in [-0.4, -0.2) is 87.3 Å². The molecule has 2 aromatic rings. The van der Waals surface area contributed by atoms with Crippen LogP contribution in [0.1, 0.15) is 90.2 Å². The van der Waals surface area contributed by atoms with E-state index in [1.165, 1.54) is 4.90 Å². The highest BCUT2D eigenvalue weighted by molar-refractivity contribution is 5.95.